The number of hydrogen-bond acceptors (Lipinski definition) is 5. The number of H-pyrrole nitrogens is 1. The Labute approximate surface area is 185 Å². The van der Waals surface area contributed by atoms with E-state index in [0.717, 1.165) is 67.6 Å². The van der Waals surface area contributed by atoms with Gasteiger partial charge >= 0.3 is 5.97 Å². The molecular formula is C24H28N4O4. The van der Waals surface area contributed by atoms with Crippen molar-refractivity contribution < 1.29 is 15.0 Å². The van der Waals surface area contributed by atoms with Crippen LogP contribution < -0.4 is 5.56 Å². The van der Waals surface area contributed by atoms with Crippen LogP contribution in [-0.2, 0) is 26.4 Å². The number of piperazine rings is 1. The highest BCUT2D eigenvalue weighted by atomic mass is 16.4. The minimum atomic E-state index is -1.41. The quantitative estimate of drug-likeness (QED) is 0.582. The first kappa shape index (κ1) is 20.8. The van der Waals surface area contributed by atoms with E-state index in [9.17, 15) is 19.8 Å². The molecule has 3 aromatic rings. The number of fused-ring (bicyclic) bond motifs is 4. The molecule has 3 heterocycles. The maximum atomic E-state index is 12.4. The molecule has 0 radical (unpaired) electrons. The summed E-state index contributed by atoms with van der Waals surface area (Å²) in [5.41, 5.74) is 4.04. The second-order valence-electron chi connectivity index (χ2n) is 9.03. The summed E-state index contributed by atoms with van der Waals surface area (Å²) in [6.07, 6.45) is 2.07. The summed E-state index contributed by atoms with van der Waals surface area (Å²) in [6.45, 7) is 5.14. The lowest BCUT2D eigenvalue weighted by Crippen LogP contribution is -2.44. The van der Waals surface area contributed by atoms with Crippen LogP contribution in [0.3, 0.4) is 0 Å². The van der Waals surface area contributed by atoms with Crippen LogP contribution in [0.15, 0.2) is 23.0 Å². The lowest BCUT2D eigenvalue weighted by Gasteiger charge is -2.32. The van der Waals surface area contributed by atoms with Crippen LogP contribution in [0.5, 0.6) is 5.75 Å². The van der Waals surface area contributed by atoms with Gasteiger partial charge in [0, 0.05) is 67.5 Å². The summed E-state index contributed by atoms with van der Waals surface area (Å²) >= 11 is 0. The first-order chi connectivity index (χ1) is 15.3. The number of carboxylic acid groups (broad SMARTS) is 1. The van der Waals surface area contributed by atoms with E-state index in [-0.39, 0.29) is 0 Å². The molecule has 0 saturated carbocycles. The molecule has 8 nitrogen and oxygen atoms in total. The molecule has 8 heteroatoms. The van der Waals surface area contributed by atoms with Crippen molar-refractivity contribution in [3.05, 3.63) is 50.9 Å². The number of aromatic carboxylic acids is 1. The average Bonchev–Trinajstić information content (AvgIpc) is 2.93. The first-order valence-corrected chi connectivity index (χ1v) is 11.1. The SMILES string of the molecule is CN1CCN(Cc2cc3cc4c(cc3n2C)CCCc2c-4[nH]c(=O)c(C(=O)O)c2O)CC1. The van der Waals surface area contributed by atoms with Gasteiger partial charge in [0.05, 0.1) is 5.69 Å². The lowest BCUT2D eigenvalue weighted by molar-refractivity contribution is 0.0691. The summed E-state index contributed by atoms with van der Waals surface area (Å²) in [5.74, 6) is -1.82. The van der Waals surface area contributed by atoms with Crippen LogP contribution in [0.2, 0.25) is 0 Å². The van der Waals surface area contributed by atoms with Gasteiger partial charge in [-0.15, -0.1) is 0 Å². The predicted molar refractivity (Wildman–Crippen MR) is 122 cm³/mol. The third-order valence-electron chi connectivity index (χ3n) is 6.99. The number of nitrogens with zero attached hydrogens (tertiary/aromatic N) is 3. The van der Waals surface area contributed by atoms with Crippen molar-refractivity contribution in [1.82, 2.24) is 19.4 Å². The Morgan fingerprint density at radius 2 is 1.84 bits per heavy atom. The van der Waals surface area contributed by atoms with Gasteiger partial charge in [0.2, 0.25) is 0 Å². The molecule has 1 aromatic carbocycles. The summed E-state index contributed by atoms with van der Waals surface area (Å²) < 4.78 is 2.24. The molecule has 1 aliphatic heterocycles. The maximum Gasteiger partial charge on any atom is 0.345 e. The van der Waals surface area contributed by atoms with Crippen molar-refractivity contribution in [2.24, 2.45) is 7.05 Å². The Bertz CT molecular complexity index is 1280. The normalized spacial score (nSPS) is 17.2. The van der Waals surface area contributed by atoms with E-state index in [1.54, 1.807) is 0 Å². The molecule has 0 atom stereocenters. The Hall–Kier alpha value is -3.10. The fraction of sp³-hybridized carbons (Fsp3) is 0.417. The summed E-state index contributed by atoms with van der Waals surface area (Å²) in [4.78, 5) is 31.5. The van der Waals surface area contributed by atoms with Gasteiger partial charge in [-0.2, -0.15) is 0 Å². The van der Waals surface area contributed by atoms with Crippen molar-refractivity contribution in [2.45, 2.75) is 25.8 Å². The topological polar surface area (TPSA) is 102 Å². The number of pyridine rings is 1. The molecular weight excluding hydrogens is 408 g/mol. The second kappa shape index (κ2) is 7.79. The molecule has 0 amide bonds. The number of aryl methyl sites for hydroxylation is 2. The summed E-state index contributed by atoms with van der Waals surface area (Å²) in [7, 11) is 4.25. The highest BCUT2D eigenvalue weighted by molar-refractivity contribution is 5.93. The molecule has 2 aliphatic rings. The third-order valence-corrected chi connectivity index (χ3v) is 6.99. The van der Waals surface area contributed by atoms with E-state index in [1.807, 2.05) is 0 Å². The van der Waals surface area contributed by atoms with E-state index in [2.05, 4.69) is 51.6 Å². The Balaban J connectivity index is 1.60. The van der Waals surface area contributed by atoms with E-state index in [4.69, 9.17) is 0 Å². The van der Waals surface area contributed by atoms with Crippen molar-refractivity contribution in [2.75, 3.05) is 33.2 Å². The van der Waals surface area contributed by atoms with Crippen LogP contribution >= 0.6 is 0 Å². The lowest BCUT2D eigenvalue weighted by atomic mass is 9.98. The minimum absolute atomic E-state index is 0.409. The van der Waals surface area contributed by atoms with Crippen LogP contribution in [0.25, 0.3) is 22.2 Å². The van der Waals surface area contributed by atoms with Crippen molar-refractivity contribution in [3.8, 4) is 17.0 Å². The standard InChI is InChI=1S/C24H28N4O4/c1-26-6-8-28(9-7-26)13-16-10-15-11-18-14(12-19(15)27(16)2)4-3-5-17-21(18)25-23(30)20(22(17)29)24(31)32/h10-12H,3-9,13H2,1-2H3,(H,31,32)(H2,25,29,30). The Kier molecular flexibility index (Phi) is 5.06. The molecule has 32 heavy (non-hydrogen) atoms. The third kappa shape index (κ3) is 3.40. The molecule has 0 unspecified atom stereocenters. The van der Waals surface area contributed by atoms with Crippen molar-refractivity contribution >= 4 is 16.9 Å². The van der Waals surface area contributed by atoms with Crippen LogP contribution in [0, 0.1) is 0 Å². The van der Waals surface area contributed by atoms with Crippen LogP contribution in [0.4, 0.5) is 0 Å². The van der Waals surface area contributed by atoms with Gasteiger partial charge < -0.3 is 24.7 Å². The summed E-state index contributed by atoms with van der Waals surface area (Å²) in [5, 5.41) is 21.0. The zero-order valence-corrected chi connectivity index (χ0v) is 18.4. The smallest absolute Gasteiger partial charge is 0.345 e. The van der Waals surface area contributed by atoms with Gasteiger partial charge in [0.25, 0.3) is 5.56 Å². The highest BCUT2D eigenvalue weighted by Crippen LogP contribution is 2.38. The largest absolute Gasteiger partial charge is 0.506 e. The zero-order chi connectivity index (χ0) is 22.6. The number of rotatable bonds is 3. The Morgan fingerprint density at radius 1 is 1.09 bits per heavy atom. The number of hydrogen-bond donors (Lipinski definition) is 3. The monoisotopic (exact) mass is 436 g/mol. The number of carboxylic acids is 1. The van der Waals surface area contributed by atoms with E-state index >= 15 is 0 Å². The van der Waals surface area contributed by atoms with Crippen LogP contribution in [0.1, 0.15) is 33.6 Å². The molecule has 0 bridgehead atoms. The van der Waals surface area contributed by atoms with Gasteiger partial charge in [-0.05, 0) is 50.1 Å². The Morgan fingerprint density at radius 3 is 2.56 bits per heavy atom. The van der Waals surface area contributed by atoms with Gasteiger partial charge in [-0.25, -0.2) is 4.79 Å². The van der Waals surface area contributed by atoms with E-state index < -0.39 is 22.8 Å². The van der Waals surface area contributed by atoms with E-state index in [1.165, 1.54) is 5.69 Å². The molecule has 1 saturated heterocycles. The maximum absolute atomic E-state index is 12.4. The number of aromatic amines is 1. The number of carbonyl (C=O) groups is 1. The van der Waals surface area contributed by atoms with Gasteiger partial charge in [0.1, 0.15) is 5.75 Å². The van der Waals surface area contributed by atoms with E-state index in [0.29, 0.717) is 17.7 Å². The fourth-order valence-corrected chi connectivity index (χ4v) is 5.07. The van der Waals surface area contributed by atoms with Crippen LogP contribution in [-0.4, -0.2) is 68.8 Å². The highest BCUT2D eigenvalue weighted by Gasteiger charge is 2.26. The number of benzene rings is 1. The average molecular weight is 437 g/mol. The fourth-order valence-electron chi connectivity index (χ4n) is 5.07. The summed E-state index contributed by atoms with van der Waals surface area (Å²) in [6, 6.07) is 6.44. The second-order valence-corrected chi connectivity index (χ2v) is 9.03. The number of likely N-dealkylation sites (N-methyl/N-ethyl adjacent to an activating group) is 1. The predicted octanol–water partition coefficient (Wildman–Crippen LogP) is 2.17. The molecule has 2 aromatic heterocycles. The van der Waals surface area contributed by atoms with Gasteiger partial charge in [0.15, 0.2) is 5.56 Å². The number of aromatic nitrogens is 2. The number of nitrogens with one attached hydrogen (secondary N) is 1. The van der Waals surface area contributed by atoms with Crippen molar-refractivity contribution in [1.29, 1.82) is 0 Å². The molecule has 0 spiro atoms. The molecule has 5 rings (SSSR count). The number of aromatic hydroxyl groups is 1. The van der Waals surface area contributed by atoms with Crippen molar-refractivity contribution in [3.63, 3.8) is 0 Å². The molecule has 1 aliphatic carbocycles. The van der Waals surface area contributed by atoms with Gasteiger partial charge in [-0.3, -0.25) is 9.69 Å². The first-order valence-electron chi connectivity index (χ1n) is 11.1. The van der Waals surface area contributed by atoms with Gasteiger partial charge in [-0.1, -0.05) is 0 Å². The molecule has 168 valence electrons. The molecule has 3 N–H and O–H groups in total. The minimum Gasteiger partial charge on any atom is -0.506 e. The zero-order valence-electron chi connectivity index (χ0n) is 18.4. The molecule has 1 fully saturated rings.